The SMILES string of the molecule is COCCNC(=O)CCNC(=O)N1CCC(C(=O)c2ccccc2)CC1. The second-order valence-electron chi connectivity index (χ2n) is 6.32. The van der Waals surface area contributed by atoms with Gasteiger partial charge in [-0.2, -0.15) is 0 Å². The van der Waals surface area contributed by atoms with Crippen molar-refractivity contribution in [3.8, 4) is 0 Å². The highest BCUT2D eigenvalue weighted by atomic mass is 16.5. The molecule has 1 aliphatic heterocycles. The van der Waals surface area contributed by atoms with Gasteiger partial charge in [0, 0.05) is 51.2 Å². The standard InChI is InChI=1S/C19H27N3O4/c1-26-14-11-20-17(23)7-10-21-19(25)22-12-8-16(9-13-22)18(24)15-5-3-2-4-6-15/h2-6,16H,7-14H2,1H3,(H,20,23)(H,21,25). The Morgan fingerprint density at radius 1 is 1.08 bits per heavy atom. The summed E-state index contributed by atoms with van der Waals surface area (Å²) < 4.78 is 4.85. The maximum absolute atomic E-state index is 12.5. The average Bonchev–Trinajstić information content (AvgIpc) is 2.68. The molecule has 1 heterocycles. The number of ether oxygens (including phenoxy) is 1. The normalized spacial score (nSPS) is 14.7. The van der Waals surface area contributed by atoms with Gasteiger partial charge in [0.2, 0.25) is 5.91 Å². The molecule has 2 N–H and O–H groups in total. The zero-order valence-electron chi connectivity index (χ0n) is 15.2. The Hall–Kier alpha value is -2.41. The third-order valence-electron chi connectivity index (χ3n) is 4.47. The van der Waals surface area contributed by atoms with Crippen molar-refractivity contribution in [2.75, 3.05) is 39.9 Å². The number of hydrogen-bond donors (Lipinski definition) is 2. The van der Waals surface area contributed by atoms with E-state index in [0.29, 0.717) is 45.6 Å². The second-order valence-corrected chi connectivity index (χ2v) is 6.32. The van der Waals surface area contributed by atoms with Gasteiger partial charge in [0.05, 0.1) is 6.61 Å². The number of piperidine rings is 1. The van der Waals surface area contributed by atoms with E-state index < -0.39 is 0 Å². The smallest absolute Gasteiger partial charge is 0.317 e. The summed E-state index contributed by atoms with van der Waals surface area (Å²) in [5, 5.41) is 5.46. The van der Waals surface area contributed by atoms with Crippen LogP contribution in [0.15, 0.2) is 30.3 Å². The number of rotatable bonds is 8. The van der Waals surface area contributed by atoms with E-state index in [-0.39, 0.29) is 30.1 Å². The number of carbonyl (C=O) groups is 3. The molecule has 26 heavy (non-hydrogen) atoms. The number of hydrogen-bond acceptors (Lipinski definition) is 4. The van der Waals surface area contributed by atoms with Gasteiger partial charge in [-0.1, -0.05) is 30.3 Å². The van der Waals surface area contributed by atoms with Gasteiger partial charge in [-0.25, -0.2) is 4.79 Å². The van der Waals surface area contributed by atoms with Crippen molar-refractivity contribution in [2.24, 2.45) is 5.92 Å². The highest BCUT2D eigenvalue weighted by Gasteiger charge is 2.27. The number of urea groups is 1. The Labute approximate surface area is 154 Å². The Balaban J connectivity index is 1.66. The lowest BCUT2D eigenvalue weighted by molar-refractivity contribution is -0.121. The summed E-state index contributed by atoms with van der Waals surface area (Å²) in [4.78, 5) is 37.9. The lowest BCUT2D eigenvalue weighted by Crippen LogP contribution is -2.46. The number of nitrogens with one attached hydrogen (secondary N) is 2. The molecule has 1 aliphatic rings. The average molecular weight is 361 g/mol. The van der Waals surface area contributed by atoms with Gasteiger partial charge < -0.3 is 20.3 Å². The zero-order chi connectivity index (χ0) is 18.8. The van der Waals surface area contributed by atoms with Crippen molar-refractivity contribution >= 4 is 17.7 Å². The summed E-state index contributed by atoms with van der Waals surface area (Å²) in [6.45, 7) is 2.33. The Kier molecular flexibility index (Phi) is 8.08. The lowest BCUT2D eigenvalue weighted by atomic mass is 9.89. The van der Waals surface area contributed by atoms with Crippen molar-refractivity contribution in [2.45, 2.75) is 19.3 Å². The summed E-state index contributed by atoms with van der Waals surface area (Å²) in [5.74, 6) is 0.000849. The number of carbonyl (C=O) groups excluding carboxylic acids is 3. The van der Waals surface area contributed by atoms with E-state index in [9.17, 15) is 14.4 Å². The van der Waals surface area contributed by atoms with Crippen LogP contribution in [0, 0.1) is 5.92 Å². The van der Waals surface area contributed by atoms with Crippen LogP contribution in [0.3, 0.4) is 0 Å². The Bertz CT molecular complexity index is 598. The summed E-state index contributed by atoms with van der Waals surface area (Å²) in [6.07, 6.45) is 1.57. The van der Waals surface area contributed by atoms with Gasteiger partial charge in [-0.3, -0.25) is 9.59 Å². The first-order valence-corrected chi connectivity index (χ1v) is 8.99. The Morgan fingerprint density at radius 2 is 1.77 bits per heavy atom. The summed E-state index contributed by atoms with van der Waals surface area (Å²) in [5.41, 5.74) is 0.731. The molecule has 7 heteroatoms. The largest absolute Gasteiger partial charge is 0.383 e. The number of amides is 3. The molecule has 0 spiro atoms. The van der Waals surface area contributed by atoms with E-state index in [1.807, 2.05) is 30.3 Å². The van der Waals surface area contributed by atoms with Gasteiger partial charge in [-0.05, 0) is 12.8 Å². The van der Waals surface area contributed by atoms with Crippen molar-refractivity contribution in [3.05, 3.63) is 35.9 Å². The van der Waals surface area contributed by atoms with Crippen LogP contribution in [0.25, 0.3) is 0 Å². The third-order valence-corrected chi connectivity index (χ3v) is 4.47. The molecule has 0 saturated carbocycles. The van der Waals surface area contributed by atoms with Crippen LogP contribution in [0.4, 0.5) is 4.79 Å². The number of methoxy groups -OCH3 is 1. The molecule has 0 aliphatic carbocycles. The second kappa shape index (κ2) is 10.6. The van der Waals surface area contributed by atoms with E-state index in [2.05, 4.69) is 10.6 Å². The van der Waals surface area contributed by atoms with Crippen molar-refractivity contribution in [1.29, 1.82) is 0 Å². The summed E-state index contributed by atoms with van der Waals surface area (Å²) >= 11 is 0. The number of benzene rings is 1. The van der Waals surface area contributed by atoms with Gasteiger partial charge in [-0.15, -0.1) is 0 Å². The van der Waals surface area contributed by atoms with E-state index in [1.54, 1.807) is 12.0 Å². The van der Waals surface area contributed by atoms with E-state index in [0.717, 1.165) is 5.56 Å². The molecule has 1 aromatic carbocycles. The Morgan fingerprint density at radius 3 is 2.42 bits per heavy atom. The molecule has 0 atom stereocenters. The fraction of sp³-hybridized carbons (Fsp3) is 0.526. The van der Waals surface area contributed by atoms with E-state index >= 15 is 0 Å². The molecule has 7 nitrogen and oxygen atoms in total. The van der Waals surface area contributed by atoms with Gasteiger partial charge >= 0.3 is 6.03 Å². The number of Topliss-reactive ketones (excluding diaryl/α,β-unsaturated/α-hetero) is 1. The van der Waals surface area contributed by atoms with E-state index in [1.165, 1.54) is 0 Å². The first-order valence-electron chi connectivity index (χ1n) is 8.99. The molecule has 1 saturated heterocycles. The fourth-order valence-corrected chi connectivity index (χ4v) is 2.96. The highest BCUT2D eigenvalue weighted by Crippen LogP contribution is 2.21. The van der Waals surface area contributed by atoms with E-state index in [4.69, 9.17) is 4.74 Å². The van der Waals surface area contributed by atoms with Crippen LogP contribution < -0.4 is 10.6 Å². The molecular weight excluding hydrogens is 334 g/mol. The van der Waals surface area contributed by atoms with Crippen molar-refractivity contribution in [3.63, 3.8) is 0 Å². The monoisotopic (exact) mass is 361 g/mol. The summed E-state index contributed by atoms with van der Waals surface area (Å²) in [7, 11) is 1.57. The predicted octanol–water partition coefficient (Wildman–Crippen LogP) is 1.44. The topological polar surface area (TPSA) is 87.7 Å². The number of nitrogens with zero attached hydrogens (tertiary/aromatic N) is 1. The maximum atomic E-state index is 12.5. The maximum Gasteiger partial charge on any atom is 0.317 e. The van der Waals surface area contributed by atoms with Crippen LogP contribution in [0.2, 0.25) is 0 Å². The third kappa shape index (κ3) is 6.15. The molecule has 0 aromatic heterocycles. The minimum atomic E-state index is -0.180. The number of ketones is 1. The zero-order valence-corrected chi connectivity index (χ0v) is 15.2. The van der Waals surface area contributed by atoms with Crippen LogP contribution in [-0.4, -0.2) is 62.5 Å². The molecule has 0 radical (unpaired) electrons. The van der Waals surface area contributed by atoms with Crippen molar-refractivity contribution < 1.29 is 19.1 Å². The first kappa shape index (κ1) is 19.9. The molecule has 3 amide bonds. The molecular formula is C19H27N3O4. The quantitative estimate of drug-likeness (QED) is 0.542. The summed E-state index contributed by atoms with van der Waals surface area (Å²) in [6, 6.07) is 9.10. The van der Waals surface area contributed by atoms with Crippen LogP contribution in [0.1, 0.15) is 29.6 Å². The highest BCUT2D eigenvalue weighted by molar-refractivity contribution is 5.98. The molecule has 142 valence electrons. The molecule has 1 fully saturated rings. The van der Waals surface area contributed by atoms with Gasteiger partial charge in [0.25, 0.3) is 0 Å². The lowest BCUT2D eigenvalue weighted by Gasteiger charge is -2.31. The van der Waals surface area contributed by atoms with Gasteiger partial charge in [0.1, 0.15) is 0 Å². The van der Waals surface area contributed by atoms with Crippen LogP contribution in [-0.2, 0) is 9.53 Å². The number of likely N-dealkylation sites (tertiary alicyclic amines) is 1. The molecule has 0 bridgehead atoms. The minimum Gasteiger partial charge on any atom is -0.383 e. The molecule has 0 unspecified atom stereocenters. The molecule has 2 rings (SSSR count). The first-order chi connectivity index (χ1) is 12.6. The van der Waals surface area contributed by atoms with Gasteiger partial charge in [0.15, 0.2) is 5.78 Å². The van der Waals surface area contributed by atoms with Crippen LogP contribution >= 0.6 is 0 Å². The van der Waals surface area contributed by atoms with Crippen LogP contribution in [0.5, 0.6) is 0 Å². The fourth-order valence-electron chi connectivity index (χ4n) is 2.96. The minimum absolute atomic E-state index is 0.0342. The predicted molar refractivity (Wildman–Crippen MR) is 98.0 cm³/mol. The van der Waals surface area contributed by atoms with Crippen molar-refractivity contribution in [1.82, 2.24) is 15.5 Å². The molecule has 1 aromatic rings.